The maximum Gasteiger partial charge on any atom is 0.323 e. The summed E-state index contributed by atoms with van der Waals surface area (Å²) in [7, 11) is 0. The Labute approximate surface area is 99.4 Å². The zero-order valence-corrected chi connectivity index (χ0v) is 9.81. The Morgan fingerprint density at radius 1 is 1.47 bits per heavy atom. The number of nitrogens with one attached hydrogen (secondary N) is 1. The van der Waals surface area contributed by atoms with Crippen molar-refractivity contribution in [3.8, 4) is 0 Å². The maximum atomic E-state index is 12.0. The number of likely N-dealkylation sites (N-methyl/N-ethyl adjacent to an activating group) is 1. The summed E-state index contributed by atoms with van der Waals surface area (Å²) in [4.78, 5) is 36.4. The third-order valence-electron chi connectivity index (χ3n) is 2.56. The highest BCUT2D eigenvalue weighted by molar-refractivity contribution is 5.82. The van der Waals surface area contributed by atoms with Gasteiger partial charge in [-0.2, -0.15) is 0 Å². The van der Waals surface area contributed by atoms with Gasteiger partial charge in [0.2, 0.25) is 5.91 Å². The predicted octanol–water partition coefficient (Wildman–Crippen LogP) is -0.665. The zero-order chi connectivity index (χ0) is 12.8. The molecule has 1 rings (SSSR count). The summed E-state index contributed by atoms with van der Waals surface area (Å²) < 4.78 is 0. The van der Waals surface area contributed by atoms with Crippen LogP contribution in [0.5, 0.6) is 0 Å². The number of hydrogen-bond donors (Lipinski definition) is 2. The first kappa shape index (κ1) is 13.3. The number of aliphatic carboxylic acids is 1. The lowest BCUT2D eigenvalue weighted by Crippen LogP contribution is -2.46. The normalized spacial score (nSPS) is 16.1. The second-order valence-electron chi connectivity index (χ2n) is 3.78. The van der Waals surface area contributed by atoms with Crippen molar-refractivity contribution in [2.24, 2.45) is 0 Å². The van der Waals surface area contributed by atoms with E-state index in [1.54, 1.807) is 6.92 Å². The maximum absolute atomic E-state index is 12.0. The van der Waals surface area contributed by atoms with Crippen molar-refractivity contribution in [3.63, 3.8) is 0 Å². The SMILES string of the molecule is CCN(CC(=O)O)C(=O)N1CCNC(=O)CC1. The molecule has 2 N–H and O–H groups in total. The number of nitrogens with zero attached hydrogens (tertiary/aromatic N) is 2. The van der Waals surface area contributed by atoms with Gasteiger partial charge in [-0.25, -0.2) is 4.79 Å². The van der Waals surface area contributed by atoms with Crippen LogP contribution in [0.25, 0.3) is 0 Å². The number of carbonyl (C=O) groups excluding carboxylic acids is 2. The van der Waals surface area contributed by atoms with E-state index in [0.29, 0.717) is 26.2 Å². The van der Waals surface area contributed by atoms with Gasteiger partial charge in [0.05, 0.1) is 0 Å². The molecule has 7 heteroatoms. The van der Waals surface area contributed by atoms with Gasteiger partial charge in [-0.1, -0.05) is 0 Å². The number of carbonyl (C=O) groups is 3. The lowest BCUT2D eigenvalue weighted by Gasteiger charge is -2.27. The second kappa shape index (κ2) is 6.07. The standard InChI is InChI=1S/C10H17N3O4/c1-2-12(7-9(15)16)10(17)13-5-3-8(14)11-4-6-13/h2-7H2,1H3,(H,11,14)(H,15,16). The molecule has 1 heterocycles. The van der Waals surface area contributed by atoms with Gasteiger partial charge in [-0.05, 0) is 6.92 Å². The molecule has 0 atom stereocenters. The molecule has 0 spiro atoms. The molecule has 0 bridgehead atoms. The van der Waals surface area contributed by atoms with Gasteiger partial charge in [0.1, 0.15) is 6.54 Å². The van der Waals surface area contributed by atoms with Gasteiger partial charge < -0.3 is 20.2 Å². The highest BCUT2D eigenvalue weighted by Crippen LogP contribution is 2.03. The smallest absolute Gasteiger partial charge is 0.323 e. The highest BCUT2D eigenvalue weighted by Gasteiger charge is 2.23. The average Bonchev–Trinajstić information content (AvgIpc) is 2.49. The summed E-state index contributed by atoms with van der Waals surface area (Å²) >= 11 is 0. The van der Waals surface area contributed by atoms with Crippen LogP contribution in [0, 0.1) is 0 Å². The van der Waals surface area contributed by atoms with Crippen LogP contribution in [0.15, 0.2) is 0 Å². The van der Waals surface area contributed by atoms with Crippen LogP contribution in [-0.2, 0) is 9.59 Å². The molecule has 96 valence electrons. The summed E-state index contributed by atoms with van der Waals surface area (Å²) in [5.41, 5.74) is 0. The van der Waals surface area contributed by atoms with E-state index >= 15 is 0 Å². The third kappa shape index (κ3) is 3.93. The first-order valence-electron chi connectivity index (χ1n) is 5.57. The van der Waals surface area contributed by atoms with Crippen LogP contribution in [0.3, 0.4) is 0 Å². The van der Waals surface area contributed by atoms with E-state index in [1.165, 1.54) is 9.80 Å². The van der Waals surface area contributed by atoms with Crippen LogP contribution in [0.4, 0.5) is 4.79 Å². The van der Waals surface area contributed by atoms with Gasteiger partial charge in [0.15, 0.2) is 0 Å². The Balaban J connectivity index is 2.60. The summed E-state index contributed by atoms with van der Waals surface area (Å²) in [6.07, 6.45) is 0.260. The number of rotatable bonds is 3. The number of hydrogen-bond acceptors (Lipinski definition) is 3. The van der Waals surface area contributed by atoms with Gasteiger partial charge in [-0.3, -0.25) is 9.59 Å². The summed E-state index contributed by atoms with van der Waals surface area (Å²) in [6.45, 7) is 2.91. The first-order valence-corrected chi connectivity index (χ1v) is 5.57. The van der Waals surface area contributed by atoms with Crippen molar-refractivity contribution in [1.29, 1.82) is 0 Å². The Kier molecular flexibility index (Phi) is 4.74. The molecule has 17 heavy (non-hydrogen) atoms. The zero-order valence-electron chi connectivity index (χ0n) is 9.81. The van der Waals surface area contributed by atoms with Crippen LogP contribution in [-0.4, -0.2) is 65.5 Å². The lowest BCUT2D eigenvalue weighted by molar-refractivity contribution is -0.137. The van der Waals surface area contributed by atoms with Gasteiger partial charge in [0, 0.05) is 32.6 Å². The Bertz CT molecular complexity index is 319. The van der Waals surface area contributed by atoms with Crippen molar-refractivity contribution < 1.29 is 19.5 Å². The van der Waals surface area contributed by atoms with E-state index < -0.39 is 5.97 Å². The topological polar surface area (TPSA) is 90.0 Å². The molecule has 0 saturated carbocycles. The fourth-order valence-corrected chi connectivity index (χ4v) is 1.64. The number of amides is 3. The molecule has 0 aromatic rings. The number of carboxylic acids is 1. The molecule has 1 aliphatic rings. The molecular formula is C10H17N3O4. The molecule has 1 aliphatic heterocycles. The molecule has 0 aromatic carbocycles. The van der Waals surface area contributed by atoms with Crippen molar-refractivity contribution in [2.45, 2.75) is 13.3 Å². The summed E-state index contributed by atoms with van der Waals surface area (Å²) in [5, 5.41) is 11.3. The van der Waals surface area contributed by atoms with Crippen LogP contribution < -0.4 is 5.32 Å². The monoisotopic (exact) mass is 243 g/mol. The molecule has 7 nitrogen and oxygen atoms in total. The van der Waals surface area contributed by atoms with Gasteiger partial charge in [0.25, 0.3) is 0 Å². The molecule has 0 aliphatic carbocycles. The molecule has 0 unspecified atom stereocenters. The summed E-state index contributed by atoms with van der Waals surface area (Å²) in [6, 6.07) is -0.327. The Morgan fingerprint density at radius 2 is 2.18 bits per heavy atom. The van der Waals surface area contributed by atoms with Crippen molar-refractivity contribution in [3.05, 3.63) is 0 Å². The summed E-state index contributed by atoms with van der Waals surface area (Å²) in [5.74, 6) is -1.12. The van der Waals surface area contributed by atoms with E-state index in [-0.39, 0.29) is 24.9 Å². The average molecular weight is 243 g/mol. The Hall–Kier alpha value is -1.79. The van der Waals surface area contributed by atoms with Crippen LogP contribution in [0.1, 0.15) is 13.3 Å². The molecule has 1 saturated heterocycles. The minimum atomic E-state index is -1.04. The predicted molar refractivity (Wildman–Crippen MR) is 59.5 cm³/mol. The third-order valence-corrected chi connectivity index (χ3v) is 2.56. The van der Waals surface area contributed by atoms with Crippen molar-refractivity contribution >= 4 is 17.9 Å². The van der Waals surface area contributed by atoms with Crippen molar-refractivity contribution in [1.82, 2.24) is 15.1 Å². The van der Waals surface area contributed by atoms with E-state index in [1.807, 2.05) is 0 Å². The number of carboxylic acid groups (broad SMARTS) is 1. The largest absolute Gasteiger partial charge is 0.480 e. The van der Waals surface area contributed by atoms with Crippen LogP contribution in [0.2, 0.25) is 0 Å². The van der Waals surface area contributed by atoms with E-state index in [9.17, 15) is 14.4 Å². The molecule has 1 fully saturated rings. The van der Waals surface area contributed by atoms with Gasteiger partial charge >= 0.3 is 12.0 Å². The van der Waals surface area contributed by atoms with Gasteiger partial charge in [-0.15, -0.1) is 0 Å². The quantitative estimate of drug-likeness (QED) is 0.688. The lowest BCUT2D eigenvalue weighted by atomic mass is 10.4. The number of urea groups is 1. The fraction of sp³-hybridized carbons (Fsp3) is 0.700. The van der Waals surface area contributed by atoms with E-state index in [4.69, 9.17) is 5.11 Å². The van der Waals surface area contributed by atoms with Crippen molar-refractivity contribution in [2.75, 3.05) is 32.7 Å². The fourth-order valence-electron chi connectivity index (χ4n) is 1.64. The molecule has 0 aromatic heterocycles. The Morgan fingerprint density at radius 3 is 2.76 bits per heavy atom. The van der Waals surface area contributed by atoms with Crippen LogP contribution >= 0.6 is 0 Å². The molecule has 0 radical (unpaired) electrons. The first-order chi connectivity index (χ1) is 8.04. The minimum absolute atomic E-state index is 0.0819. The van der Waals surface area contributed by atoms with E-state index in [2.05, 4.69) is 5.32 Å². The highest BCUT2D eigenvalue weighted by atomic mass is 16.4. The minimum Gasteiger partial charge on any atom is -0.480 e. The molecular weight excluding hydrogens is 226 g/mol. The van der Waals surface area contributed by atoms with E-state index in [0.717, 1.165) is 0 Å². The molecule has 3 amide bonds. The second-order valence-corrected chi connectivity index (χ2v) is 3.78.